The summed E-state index contributed by atoms with van der Waals surface area (Å²) in [5.74, 6) is -0.836. The average Bonchev–Trinajstić information content (AvgIpc) is 2.97. The maximum atomic E-state index is 12.7. The molecule has 0 spiro atoms. The number of morpholine rings is 1. The molecule has 2 aliphatic rings. The molecule has 1 N–H and O–H groups in total. The van der Waals surface area contributed by atoms with Crippen molar-refractivity contribution in [1.82, 2.24) is 5.43 Å². The van der Waals surface area contributed by atoms with Crippen LogP contribution in [0.1, 0.15) is 5.56 Å². The first-order valence-corrected chi connectivity index (χ1v) is 9.05. The molecule has 2 fully saturated rings. The van der Waals surface area contributed by atoms with E-state index in [-0.39, 0.29) is 5.57 Å². The van der Waals surface area contributed by atoms with Crippen molar-refractivity contribution < 1.29 is 14.3 Å². The molecule has 2 amide bonds. The van der Waals surface area contributed by atoms with Crippen molar-refractivity contribution >= 4 is 40.9 Å². The number of benzene rings is 2. The molecule has 2 aromatic carbocycles. The number of hydrazine groups is 1. The van der Waals surface area contributed by atoms with E-state index >= 15 is 0 Å². The highest BCUT2D eigenvalue weighted by atomic mass is 35.5. The monoisotopic (exact) mass is 383 g/mol. The van der Waals surface area contributed by atoms with Gasteiger partial charge in [0, 0.05) is 23.8 Å². The van der Waals surface area contributed by atoms with E-state index in [1.165, 1.54) is 5.01 Å². The summed E-state index contributed by atoms with van der Waals surface area (Å²) in [6.07, 6.45) is 1.60. The van der Waals surface area contributed by atoms with Crippen molar-refractivity contribution in [3.63, 3.8) is 0 Å². The number of halogens is 1. The predicted molar refractivity (Wildman–Crippen MR) is 105 cm³/mol. The number of carbonyl (C=O) groups excluding carboxylic acids is 2. The lowest BCUT2D eigenvalue weighted by molar-refractivity contribution is -0.117. The zero-order valence-corrected chi connectivity index (χ0v) is 15.3. The normalized spacial score (nSPS) is 18.9. The molecular weight excluding hydrogens is 366 g/mol. The van der Waals surface area contributed by atoms with Crippen LogP contribution in [0.25, 0.3) is 6.08 Å². The highest BCUT2D eigenvalue weighted by Crippen LogP contribution is 2.24. The van der Waals surface area contributed by atoms with Gasteiger partial charge in [-0.1, -0.05) is 29.8 Å². The van der Waals surface area contributed by atoms with Gasteiger partial charge in [0.05, 0.1) is 18.9 Å². The molecule has 0 bridgehead atoms. The van der Waals surface area contributed by atoms with Crippen LogP contribution in [-0.4, -0.2) is 38.1 Å². The van der Waals surface area contributed by atoms with Crippen LogP contribution in [0.2, 0.25) is 5.02 Å². The lowest BCUT2D eigenvalue weighted by Gasteiger charge is -2.28. The van der Waals surface area contributed by atoms with Crippen LogP contribution < -0.4 is 15.3 Å². The van der Waals surface area contributed by atoms with E-state index in [1.54, 1.807) is 30.3 Å². The minimum atomic E-state index is -0.433. The summed E-state index contributed by atoms with van der Waals surface area (Å²) in [6.45, 7) is 3.16. The number of nitrogens with one attached hydrogen (secondary N) is 1. The summed E-state index contributed by atoms with van der Waals surface area (Å²) in [6, 6.07) is 14.6. The SMILES string of the molecule is O=C1NN(c2cccc(Cl)c2)C(=O)/C1=C\c1ccc(N2CCOCC2)cc1. The molecule has 0 aliphatic carbocycles. The molecule has 0 saturated carbocycles. The zero-order chi connectivity index (χ0) is 18.8. The first-order valence-electron chi connectivity index (χ1n) is 8.67. The fourth-order valence-corrected chi connectivity index (χ4v) is 3.31. The lowest BCUT2D eigenvalue weighted by atomic mass is 10.1. The molecule has 2 heterocycles. The van der Waals surface area contributed by atoms with Crippen molar-refractivity contribution in [3.8, 4) is 0 Å². The van der Waals surface area contributed by atoms with E-state index in [1.807, 2.05) is 24.3 Å². The molecule has 0 atom stereocenters. The maximum Gasteiger partial charge on any atom is 0.282 e. The second-order valence-corrected chi connectivity index (χ2v) is 6.75. The van der Waals surface area contributed by atoms with E-state index in [0.29, 0.717) is 10.7 Å². The van der Waals surface area contributed by atoms with Crippen molar-refractivity contribution in [1.29, 1.82) is 0 Å². The molecule has 0 aromatic heterocycles. The Morgan fingerprint density at radius 1 is 1.00 bits per heavy atom. The predicted octanol–water partition coefficient (Wildman–Crippen LogP) is 2.64. The number of nitrogens with zero attached hydrogens (tertiary/aromatic N) is 2. The average molecular weight is 384 g/mol. The molecule has 138 valence electrons. The molecule has 27 heavy (non-hydrogen) atoms. The third kappa shape index (κ3) is 3.67. The highest BCUT2D eigenvalue weighted by Gasteiger charge is 2.34. The van der Waals surface area contributed by atoms with Crippen LogP contribution in [-0.2, 0) is 14.3 Å². The standard InChI is InChI=1S/C20H18ClN3O3/c21-15-2-1-3-17(13-15)24-20(26)18(19(25)22-24)12-14-4-6-16(7-5-14)23-8-10-27-11-9-23/h1-7,12-13H,8-11H2,(H,22,25)/b18-12-. The topological polar surface area (TPSA) is 61.9 Å². The van der Waals surface area contributed by atoms with Gasteiger partial charge in [0.1, 0.15) is 5.57 Å². The Bertz CT molecular complexity index is 905. The Morgan fingerprint density at radius 3 is 2.44 bits per heavy atom. The molecular formula is C20H18ClN3O3. The summed E-state index contributed by atoms with van der Waals surface area (Å²) in [5.41, 5.74) is 5.08. The van der Waals surface area contributed by atoms with Gasteiger partial charge < -0.3 is 9.64 Å². The van der Waals surface area contributed by atoms with Gasteiger partial charge in [-0.2, -0.15) is 0 Å². The van der Waals surface area contributed by atoms with Crippen molar-refractivity contribution in [2.45, 2.75) is 0 Å². The number of amides is 2. The van der Waals surface area contributed by atoms with Crippen LogP contribution in [0.4, 0.5) is 11.4 Å². The van der Waals surface area contributed by atoms with Gasteiger partial charge in [0.2, 0.25) is 0 Å². The third-order valence-corrected chi connectivity index (χ3v) is 4.77. The van der Waals surface area contributed by atoms with Crippen LogP contribution >= 0.6 is 11.6 Å². The highest BCUT2D eigenvalue weighted by molar-refractivity contribution is 6.33. The molecule has 2 aliphatic heterocycles. The molecule has 7 heteroatoms. The lowest BCUT2D eigenvalue weighted by Crippen LogP contribution is -2.36. The van der Waals surface area contributed by atoms with Crippen molar-refractivity contribution in [2.75, 3.05) is 36.2 Å². The van der Waals surface area contributed by atoms with Gasteiger partial charge in [0.15, 0.2) is 0 Å². The summed E-state index contributed by atoms with van der Waals surface area (Å²) >= 11 is 5.98. The van der Waals surface area contributed by atoms with E-state index < -0.39 is 11.8 Å². The van der Waals surface area contributed by atoms with Gasteiger partial charge in [0.25, 0.3) is 11.8 Å². The number of anilines is 2. The Balaban J connectivity index is 1.54. The smallest absolute Gasteiger partial charge is 0.282 e. The minimum Gasteiger partial charge on any atom is -0.378 e. The van der Waals surface area contributed by atoms with Gasteiger partial charge >= 0.3 is 0 Å². The summed E-state index contributed by atoms with van der Waals surface area (Å²) in [7, 11) is 0. The number of hydrogen-bond donors (Lipinski definition) is 1. The van der Waals surface area contributed by atoms with E-state index in [0.717, 1.165) is 37.6 Å². The first kappa shape index (κ1) is 17.6. The Labute approximate surface area is 161 Å². The zero-order valence-electron chi connectivity index (χ0n) is 14.5. The molecule has 2 aromatic rings. The molecule has 6 nitrogen and oxygen atoms in total. The third-order valence-electron chi connectivity index (χ3n) is 4.54. The number of carbonyl (C=O) groups is 2. The van der Waals surface area contributed by atoms with Gasteiger partial charge in [-0.15, -0.1) is 0 Å². The van der Waals surface area contributed by atoms with Crippen molar-refractivity contribution in [3.05, 3.63) is 64.7 Å². The second-order valence-electron chi connectivity index (χ2n) is 6.31. The Hall–Kier alpha value is -2.83. The van der Waals surface area contributed by atoms with Crippen molar-refractivity contribution in [2.24, 2.45) is 0 Å². The molecule has 2 saturated heterocycles. The molecule has 0 unspecified atom stereocenters. The van der Waals surface area contributed by atoms with Crippen LogP contribution in [0.3, 0.4) is 0 Å². The quantitative estimate of drug-likeness (QED) is 0.653. The maximum absolute atomic E-state index is 12.7. The largest absolute Gasteiger partial charge is 0.378 e. The fourth-order valence-electron chi connectivity index (χ4n) is 3.12. The molecule has 4 rings (SSSR count). The Kier molecular flexibility index (Phi) is 4.83. The second kappa shape index (κ2) is 7.42. The van der Waals surface area contributed by atoms with Crippen LogP contribution in [0, 0.1) is 0 Å². The number of hydrogen-bond acceptors (Lipinski definition) is 4. The van der Waals surface area contributed by atoms with Crippen LogP contribution in [0.15, 0.2) is 54.1 Å². The van der Waals surface area contributed by atoms with Crippen LogP contribution in [0.5, 0.6) is 0 Å². The minimum absolute atomic E-state index is 0.0918. The number of ether oxygens (including phenoxy) is 1. The first-order chi connectivity index (χ1) is 13.1. The van der Waals surface area contributed by atoms with E-state index in [4.69, 9.17) is 16.3 Å². The Morgan fingerprint density at radius 2 is 1.74 bits per heavy atom. The van der Waals surface area contributed by atoms with Gasteiger partial charge in [-0.05, 0) is 42.0 Å². The summed E-state index contributed by atoms with van der Waals surface area (Å²) in [4.78, 5) is 27.2. The van der Waals surface area contributed by atoms with Gasteiger partial charge in [-0.25, -0.2) is 5.01 Å². The van der Waals surface area contributed by atoms with Gasteiger partial charge in [-0.3, -0.25) is 15.0 Å². The number of rotatable bonds is 3. The molecule has 0 radical (unpaired) electrons. The van der Waals surface area contributed by atoms with E-state index in [2.05, 4.69) is 10.3 Å². The van der Waals surface area contributed by atoms with E-state index in [9.17, 15) is 9.59 Å². The fraction of sp³-hybridized carbons (Fsp3) is 0.200. The summed E-state index contributed by atoms with van der Waals surface area (Å²) < 4.78 is 5.37. The summed E-state index contributed by atoms with van der Waals surface area (Å²) in [5, 5.41) is 1.70.